The molecule has 3 atom stereocenters. The Kier molecular flexibility index (Phi) is 20.4. The number of hydrogen-bond donors (Lipinski definition) is 2. The van der Waals surface area contributed by atoms with Gasteiger partial charge in [-0.25, -0.2) is 0 Å². The van der Waals surface area contributed by atoms with Gasteiger partial charge in [-0.15, -0.1) is 0 Å². The summed E-state index contributed by atoms with van der Waals surface area (Å²) in [5, 5.41) is 7.46. The van der Waals surface area contributed by atoms with Crippen LogP contribution < -0.4 is 10.6 Å². The molecule has 54 heavy (non-hydrogen) atoms. The summed E-state index contributed by atoms with van der Waals surface area (Å²) in [6.45, 7) is 49.1. The first-order valence-corrected chi connectivity index (χ1v) is 20.9. The van der Waals surface area contributed by atoms with Gasteiger partial charge in [-0.2, -0.15) is 0 Å². The van der Waals surface area contributed by atoms with Crippen LogP contribution in [-0.4, -0.2) is 80.8 Å². The van der Waals surface area contributed by atoms with Gasteiger partial charge < -0.3 is 24.8 Å². The van der Waals surface area contributed by atoms with Crippen molar-refractivity contribution < 1.29 is 15.6 Å². The van der Waals surface area contributed by atoms with E-state index in [1.165, 1.54) is 51.4 Å². The van der Waals surface area contributed by atoms with Crippen molar-refractivity contribution in [2.75, 3.05) is 0 Å². The molecule has 4 fully saturated rings. The molecule has 2 N–H and O–H groups in total. The highest BCUT2D eigenvalue weighted by molar-refractivity contribution is 5.16. The Bertz CT molecular complexity index is 975. The molecular formula is C48H105N3O3. The average molecular weight is 773 g/mol. The van der Waals surface area contributed by atoms with Gasteiger partial charge in [-0.05, 0) is 176 Å². The van der Waals surface area contributed by atoms with Crippen LogP contribution in [0.3, 0.4) is 0 Å². The van der Waals surface area contributed by atoms with Crippen LogP contribution in [0.1, 0.15) is 227 Å². The zero-order valence-corrected chi connectivity index (χ0v) is 38.4. The molecule has 0 spiro atoms. The van der Waals surface area contributed by atoms with E-state index in [2.05, 4.69) is 168 Å². The first kappa shape index (κ1) is 55.9. The molecule has 2 bridgehead atoms. The molecule has 0 aromatic carbocycles. The van der Waals surface area contributed by atoms with E-state index < -0.39 is 0 Å². The lowest BCUT2D eigenvalue weighted by Crippen LogP contribution is -2.75. The molecule has 6 nitrogen and oxygen atoms in total. The molecule has 4 aliphatic rings. The molecule has 0 aromatic rings. The molecule has 4 rings (SSSR count). The normalized spacial score (nSPS) is 29.8. The van der Waals surface area contributed by atoms with Crippen molar-refractivity contribution in [2.45, 2.75) is 302 Å². The highest BCUT2D eigenvalue weighted by Crippen LogP contribution is 2.57. The van der Waals surface area contributed by atoms with Gasteiger partial charge in [0.1, 0.15) is 0 Å². The molecular weight excluding hydrogens is 667 g/mol. The van der Waals surface area contributed by atoms with Crippen molar-refractivity contribution in [3.63, 3.8) is 0 Å². The third kappa shape index (κ3) is 18.1. The van der Waals surface area contributed by atoms with Crippen LogP contribution in [0.2, 0.25) is 0 Å². The summed E-state index contributed by atoms with van der Waals surface area (Å²) >= 11 is 0. The largest absolute Gasteiger partial charge is 0.373 e. The summed E-state index contributed by atoms with van der Waals surface area (Å²) in [6, 6.07) is 2.67. The minimum atomic E-state index is -0.0775. The predicted molar refractivity (Wildman–Crippen MR) is 243 cm³/mol. The SMILES string of the molecule is C.C.C.CC(C)(C)NC1C(C)(C)C(OC(C)(C)C)C1(C)C.CC(C)(C)NC1CCC(OC(C)(C)C)CC1.CC(C)(C)OC1C[C@H]2CC[C@@H](C1)N2C(C)(C)C.[2HH]. The molecule has 1 unspecified atom stereocenters. The first-order valence-electron chi connectivity index (χ1n) is 20.9. The van der Waals surface area contributed by atoms with E-state index in [0.717, 1.165) is 12.1 Å². The van der Waals surface area contributed by atoms with Crippen molar-refractivity contribution in [3.05, 3.63) is 0 Å². The Labute approximate surface area is 343 Å². The molecule has 2 saturated carbocycles. The molecule has 0 amide bonds. The quantitative estimate of drug-likeness (QED) is 0.290. The van der Waals surface area contributed by atoms with E-state index in [9.17, 15) is 0 Å². The molecule has 2 aliphatic heterocycles. The van der Waals surface area contributed by atoms with E-state index in [4.69, 9.17) is 14.2 Å². The number of nitrogens with one attached hydrogen (secondary N) is 2. The van der Waals surface area contributed by atoms with Crippen LogP contribution in [0, 0.1) is 10.8 Å². The van der Waals surface area contributed by atoms with Gasteiger partial charge in [0.2, 0.25) is 0 Å². The van der Waals surface area contributed by atoms with Crippen LogP contribution in [-0.2, 0) is 14.2 Å². The lowest BCUT2D eigenvalue weighted by atomic mass is 9.49. The summed E-state index contributed by atoms with van der Waals surface area (Å²) < 4.78 is 18.5. The number of nitrogens with zero attached hydrogens (tertiary/aromatic N) is 1. The van der Waals surface area contributed by atoms with E-state index >= 15 is 0 Å². The third-order valence-electron chi connectivity index (χ3n) is 10.7. The van der Waals surface area contributed by atoms with Gasteiger partial charge in [0.25, 0.3) is 0 Å². The van der Waals surface area contributed by atoms with Crippen molar-refractivity contribution in [2.24, 2.45) is 10.8 Å². The highest BCUT2D eigenvalue weighted by Gasteiger charge is 2.63. The topological polar surface area (TPSA) is 55.0 Å². The Morgan fingerprint density at radius 3 is 1.15 bits per heavy atom. The maximum atomic E-state index is 6.31. The number of fused-ring (bicyclic) bond motifs is 2. The second-order valence-electron chi connectivity index (χ2n) is 24.0. The molecule has 330 valence electrons. The maximum absolute atomic E-state index is 6.31. The van der Waals surface area contributed by atoms with Crippen LogP contribution >= 0.6 is 0 Å². The van der Waals surface area contributed by atoms with Gasteiger partial charge in [0.05, 0.1) is 35.1 Å². The fourth-order valence-electron chi connectivity index (χ4n) is 9.84. The highest BCUT2D eigenvalue weighted by atomic mass is 16.5. The molecule has 2 heterocycles. The molecule has 0 radical (unpaired) electrons. The van der Waals surface area contributed by atoms with Gasteiger partial charge in [-0.1, -0.05) is 50.0 Å². The van der Waals surface area contributed by atoms with E-state index in [1.54, 1.807) is 0 Å². The summed E-state index contributed by atoms with van der Waals surface area (Å²) in [7, 11) is 0. The molecule has 2 aliphatic carbocycles. The molecule has 2 saturated heterocycles. The monoisotopic (exact) mass is 773 g/mol. The minimum Gasteiger partial charge on any atom is -0.373 e. The number of ether oxygens (including phenoxy) is 3. The van der Waals surface area contributed by atoms with Gasteiger partial charge >= 0.3 is 0 Å². The average Bonchev–Trinajstić information content (AvgIpc) is 3.16. The van der Waals surface area contributed by atoms with E-state index in [1.807, 2.05) is 0 Å². The first-order chi connectivity index (χ1) is 22.5. The Balaban J connectivity index is -0.000000713. The summed E-state index contributed by atoms with van der Waals surface area (Å²) in [5.41, 5.74) is 0.982. The zero-order chi connectivity index (χ0) is 39.8. The van der Waals surface area contributed by atoms with Crippen LogP contribution in [0.15, 0.2) is 0 Å². The predicted octanol–water partition coefficient (Wildman–Crippen LogP) is 13.2. The maximum Gasteiger partial charge on any atom is 0.0714 e. The lowest BCUT2D eigenvalue weighted by Gasteiger charge is -2.66. The third-order valence-corrected chi connectivity index (χ3v) is 10.7. The zero-order valence-electron chi connectivity index (χ0n) is 38.4. The van der Waals surface area contributed by atoms with Crippen LogP contribution in [0.5, 0.6) is 0 Å². The van der Waals surface area contributed by atoms with Crippen molar-refractivity contribution >= 4 is 0 Å². The standard InChI is InChI=1S/C16H33NO.C15H29NO.C14H29NO.3CH4.H2/c1-13(2,3)17-11-15(7,8)12(16(11,9)10)18-14(4,5)6;1-14(2,3)16-11-7-8-12(16)10-13(9-11)17-15(4,5)6;1-13(2,3)15-11-7-9-12(10-8-11)16-14(4,5)6;;;;/h11-12,17H,1-10H3;11-13H,7-10H2,1-6H3;11-12,15H,7-10H2,1-6H3;3*1H4;1H/t;11-,12+,13?;;;;;/i;;;;;;1+1. The fourth-order valence-corrected chi connectivity index (χ4v) is 9.84. The van der Waals surface area contributed by atoms with Crippen molar-refractivity contribution in [1.82, 2.24) is 15.5 Å². The van der Waals surface area contributed by atoms with Crippen LogP contribution in [0.25, 0.3) is 0 Å². The Morgan fingerprint density at radius 1 is 0.481 bits per heavy atom. The van der Waals surface area contributed by atoms with Crippen molar-refractivity contribution in [1.29, 1.82) is 0 Å². The second kappa shape index (κ2) is 19.7. The fraction of sp³-hybridized carbons (Fsp3) is 1.00. The second-order valence-corrected chi connectivity index (χ2v) is 24.0. The van der Waals surface area contributed by atoms with Crippen LogP contribution in [0.4, 0.5) is 0 Å². The number of rotatable bonds is 5. The minimum absolute atomic E-state index is 0. The van der Waals surface area contributed by atoms with Gasteiger partial charge in [-0.3, -0.25) is 4.90 Å². The van der Waals surface area contributed by atoms with E-state index in [-0.39, 0.29) is 62.4 Å². The smallest absolute Gasteiger partial charge is 0.0714 e. The summed E-state index contributed by atoms with van der Waals surface area (Å²) in [5.74, 6) is 0. The van der Waals surface area contributed by atoms with Gasteiger partial charge in [0, 0.05) is 53.0 Å². The Morgan fingerprint density at radius 2 is 0.833 bits per heavy atom. The lowest BCUT2D eigenvalue weighted by molar-refractivity contribution is -0.251. The Hall–Kier alpha value is -0.240. The molecule has 0 aromatic heterocycles. The van der Waals surface area contributed by atoms with Crippen molar-refractivity contribution in [3.8, 4) is 0 Å². The summed E-state index contributed by atoms with van der Waals surface area (Å²) in [4.78, 5) is 2.75. The van der Waals surface area contributed by atoms with Gasteiger partial charge in [0.15, 0.2) is 0 Å². The van der Waals surface area contributed by atoms with E-state index in [0.29, 0.717) is 35.9 Å². The number of hydrogen-bond acceptors (Lipinski definition) is 6. The summed E-state index contributed by atoms with van der Waals surface area (Å²) in [6.07, 6.45) is 11.3. The number of piperidine rings is 1. The molecule has 6 heteroatoms.